The van der Waals surface area contributed by atoms with Gasteiger partial charge in [0.25, 0.3) is 5.91 Å². The van der Waals surface area contributed by atoms with Crippen molar-refractivity contribution in [1.29, 1.82) is 0 Å². The standard InChI is InChI=1S/C21H27N3O6S2/c1-15-19(16(2)30-23-15)13-31-14-21(26)29-12-20(25)22-17-6-8-18(9-7-17)32(27,28)24-10-4-3-5-11-24/h6-9H,3-5,10-14H2,1-2H3,(H,22,25). The summed E-state index contributed by atoms with van der Waals surface area (Å²) in [6, 6.07) is 5.99. The van der Waals surface area contributed by atoms with Gasteiger partial charge in [0.05, 0.1) is 16.3 Å². The predicted octanol–water partition coefficient (Wildman–Crippen LogP) is 2.88. The number of hydrogen-bond donors (Lipinski definition) is 1. The average molecular weight is 482 g/mol. The second kappa shape index (κ2) is 11.0. The van der Waals surface area contributed by atoms with Crippen molar-refractivity contribution in [3.05, 3.63) is 41.3 Å². The van der Waals surface area contributed by atoms with Crippen molar-refractivity contribution >= 4 is 39.3 Å². The fourth-order valence-corrected chi connectivity index (χ4v) is 5.78. The Bertz CT molecular complexity index is 1020. The summed E-state index contributed by atoms with van der Waals surface area (Å²) in [7, 11) is -3.52. The molecule has 32 heavy (non-hydrogen) atoms. The van der Waals surface area contributed by atoms with Crippen molar-refractivity contribution in [2.45, 2.75) is 43.8 Å². The van der Waals surface area contributed by atoms with Crippen molar-refractivity contribution in [2.75, 3.05) is 30.8 Å². The van der Waals surface area contributed by atoms with Gasteiger partial charge in [0, 0.05) is 30.1 Å². The highest BCUT2D eigenvalue weighted by Gasteiger charge is 2.25. The summed E-state index contributed by atoms with van der Waals surface area (Å²) in [5, 5.41) is 6.46. The van der Waals surface area contributed by atoms with E-state index < -0.39 is 28.5 Å². The molecule has 1 aliphatic rings. The number of nitrogens with one attached hydrogen (secondary N) is 1. The molecule has 1 N–H and O–H groups in total. The molecule has 1 aromatic carbocycles. The number of carbonyl (C=O) groups excluding carboxylic acids is 2. The van der Waals surface area contributed by atoms with Crippen molar-refractivity contribution in [3.63, 3.8) is 0 Å². The lowest BCUT2D eigenvalue weighted by Crippen LogP contribution is -2.35. The van der Waals surface area contributed by atoms with E-state index in [0.717, 1.165) is 36.3 Å². The molecule has 1 aromatic heterocycles. The summed E-state index contributed by atoms with van der Waals surface area (Å²) < 4.78 is 36.9. The lowest BCUT2D eigenvalue weighted by molar-refractivity contribution is -0.144. The number of thioether (sulfide) groups is 1. The van der Waals surface area contributed by atoms with E-state index in [4.69, 9.17) is 9.26 Å². The van der Waals surface area contributed by atoms with Gasteiger partial charge in [-0.1, -0.05) is 11.6 Å². The van der Waals surface area contributed by atoms with Gasteiger partial charge in [0.15, 0.2) is 6.61 Å². The van der Waals surface area contributed by atoms with Crippen molar-refractivity contribution in [2.24, 2.45) is 0 Å². The van der Waals surface area contributed by atoms with Crippen LogP contribution in [0.4, 0.5) is 5.69 Å². The van der Waals surface area contributed by atoms with E-state index >= 15 is 0 Å². The van der Waals surface area contributed by atoms with E-state index in [1.807, 2.05) is 13.8 Å². The van der Waals surface area contributed by atoms with Crippen LogP contribution in [-0.4, -0.2) is 55.2 Å². The number of nitrogens with zero attached hydrogens (tertiary/aromatic N) is 2. The number of sulfonamides is 1. The molecule has 0 atom stereocenters. The smallest absolute Gasteiger partial charge is 0.316 e. The Morgan fingerprint density at radius 2 is 1.84 bits per heavy atom. The number of aryl methyl sites for hydroxylation is 2. The van der Waals surface area contributed by atoms with Gasteiger partial charge in [0.2, 0.25) is 10.0 Å². The number of amides is 1. The molecule has 9 nitrogen and oxygen atoms in total. The first-order valence-corrected chi connectivity index (χ1v) is 12.9. The molecule has 3 rings (SSSR count). The first-order valence-electron chi connectivity index (χ1n) is 10.3. The van der Waals surface area contributed by atoms with E-state index in [-0.39, 0.29) is 10.6 Å². The van der Waals surface area contributed by atoms with E-state index in [0.29, 0.717) is 24.5 Å². The zero-order valence-electron chi connectivity index (χ0n) is 18.1. The Kier molecular flexibility index (Phi) is 8.32. The summed E-state index contributed by atoms with van der Waals surface area (Å²) >= 11 is 1.35. The number of ether oxygens (including phenoxy) is 1. The van der Waals surface area contributed by atoms with Crippen LogP contribution in [0.15, 0.2) is 33.7 Å². The third-order valence-corrected chi connectivity index (χ3v) is 7.95. The minimum atomic E-state index is -3.52. The summed E-state index contributed by atoms with van der Waals surface area (Å²) in [5.74, 6) is 0.383. The minimum absolute atomic E-state index is 0.0976. The number of carbonyl (C=O) groups is 2. The molecule has 1 amide bonds. The normalized spacial score (nSPS) is 14.8. The Morgan fingerprint density at radius 3 is 2.47 bits per heavy atom. The van der Waals surface area contributed by atoms with Gasteiger partial charge in [-0.2, -0.15) is 4.31 Å². The second-order valence-electron chi connectivity index (χ2n) is 7.49. The number of aromatic nitrogens is 1. The predicted molar refractivity (Wildman–Crippen MR) is 121 cm³/mol. The Labute approximate surface area is 191 Å². The SMILES string of the molecule is Cc1noc(C)c1CSCC(=O)OCC(=O)Nc1ccc(S(=O)(=O)N2CCCCC2)cc1. The highest BCUT2D eigenvalue weighted by molar-refractivity contribution is 7.99. The van der Waals surface area contributed by atoms with E-state index in [9.17, 15) is 18.0 Å². The number of benzene rings is 1. The topological polar surface area (TPSA) is 119 Å². The molecular formula is C21H27N3O6S2. The molecular weight excluding hydrogens is 454 g/mol. The molecule has 2 heterocycles. The van der Waals surface area contributed by atoms with E-state index in [2.05, 4.69) is 10.5 Å². The van der Waals surface area contributed by atoms with Crippen molar-refractivity contribution in [1.82, 2.24) is 9.46 Å². The minimum Gasteiger partial charge on any atom is -0.455 e. The summed E-state index contributed by atoms with van der Waals surface area (Å²) in [6.45, 7) is 4.29. The number of esters is 1. The average Bonchev–Trinajstić information content (AvgIpc) is 3.11. The Morgan fingerprint density at radius 1 is 1.16 bits per heavy atom. The molecule has 1 saturated heterocycles. The quantitative estimate of drug-likeness (QED) is 0.543. The van der Waals surface area contributed by atoms with Gasteiger partial charge in [0.1, 0.15) is 5.76 Å². The number of hydrogen-bond acceptors (Lipinski definition) is 8. The number of piperidine rings is 1. The molecule has 1 fully saturated rings. The van der Waals surface area contributed by atoms with Gasteiger partial charge in [-0.25, -0.2) is 8.42 Å². The maximum atomic E-state index is 12.7. The van der Waals surface area contributed by atoms with Crippen LogP contribution in [0.1, 0.15) is 36.3 Å². The number of anilines is 1. The van der Waals surface area contributed by atoms with Gasteiger partial charge in [-0.05, 0) is 51.0 Å². The van der Waals surface area contributed by atoms with E-state index in [1.165, 1.54) is 40.3 Å². The van der Waals surface area contributed by atoms with Crippen molar-refractivity contribution < 1.29 is 27.3 Å². The molecule has 11 heteroatoms. The molecule has 2 aromatic rings. The van der Waals surface area contributed by atoms with Crippen molar-refractivity contribution in [3.8, 4) is 0 Å². The molecule has 0 radical (unpaired) electrons. The van der Waals surface area contributed by atoms with Crippen LogP contribution in [0, 0.1) is 13.8 Å². The zero-order chi connectivity index (χ0) is 23.1. The van der Waals surface area contributed by atoms with Crippen LogP contribution in [0.5, 0.6) is 0 Å². The highest BCUT2D eigenvalue weighted by Crippen LogP contribution is 2.22. The van der Waals surface area contributed by atoms with Gasteiger partial charge >= 0.3 is 5.97 Å². The Hall–Kier alpha value is -2.37. The second-order valence-corrected chi connectivity index (χ2v) is 10.4. The van der Waals surface area contributed by atoms with Crippen LogP contribution < -0.4 is 5.32 Å². The van der Waals surface area contributed by atoms with Crippen LogP contribution in [0.2, 0.25) is 0 Å². The zero-order valence-corrected chi connectivity index (χ0v) is 19.8. The summed E-state index contributed by atoms with van der Waals surface area (Å²) in [5.41, 5.74) is 2.17. The largest absolute Gasteiger partial charge is 0.455 e. The van der Waals surface area contributed by atoms with E-state index in [1.54, 1.807) is 0 Å². The summed E-state index contributed by atoms with van der Waals surface area (Å²) in [6.07, 6.45) is 2.77. The Balaban J connectivity index is 1.42. The van der Waals surface area contributed by atoms with Crippen LogP contribution in [0.25, 0.3) is 0 Å². The third kappa shape index (κ3) is 6.33. The molecule has 0 aliphatic carbocycles. The molecule has 0 spiro atoms. The van der Waals surface area contributed by atoms with Gasteiger partial charge in [-0.15, -0.1) is 11.8 Å². The number of rotatable bonds is 9. The van der Waals surface area contributed by atoms with Crippen LogP contribution in [-0.2, 0) is 30.1 Å². The maximum absolute atomic E-state index is 12.7. The third-order valence-electron chi connectivity index (χ3n) is 5.10. The fraction of sp³-hybridized carbons (Fsp3) is 0.476. The molecule has 1 aliphatic heterocycles. The van der Waals surface area contributed by atoms with Crippen LogP contribution >= 0.6 is 11.8 Å². The molecule has 0 unspecified atom stereocenters. The van der Waals surface area contributed by atoms with Crippen LogP contribution in [0.3, 0.4) is 0 Å². The highest BCUT2D eigenvalue weighted by atomic mass is 32.2. The lowest BCUT2D eigenvalue weighted by Gasteiger charge is -2.25. The summed E-state index contributed by atoms with van der Waals surface area (Å²) in [4.78, 5) is 24.1. The maximum Gasteiger partial charge on any atom is 0.316 e. The molecule has 0 bridgehead atoms. The monoisotopic (exact) mass is 481 g/mol. The van der Waals surface area contributed by atoms with Gasteiger partial charge < -0.3 is 14.6 Å². The first-order chi connectivity index (χ1) is 15.3. The molecule has 174 valence electrons. The first kappa shape index (κ1) is 24.3. The lowest BCUT2D eigenvalue weighted by atomic mass is 10.2. The molecule has 0 saturated carbocycles. The fourth-order valence-electron chi connectivity index (χ4n) is 3.29. The van der Waals surface area contributed by atoms with Gasteiger partial charge in [-0.3, -0.25) is 9.59 Å².